The minimum Gasteiger partial charge on any atom is -0.496 e. The van der Waals surface area contributed by atoms with Gasteiger partial charge in [-0.1, -0.05) is 24.3 Å². The van der Waals surface area contributed by atoms with Gasteiger partial charge in [-0.3, -0.25) is 19.5 Å². The Labute approximate surface area is 165 Å². The summed E-state index contributed by atoms with van der Waals surface area (Å²) in [5, 5.41) is 5.78. The van der Waals surface area contributed by atoms with E-state index in [0.29, 0.717) is 32.6 Å². The third kappa shape index (κ3) is 5.29. The summed E-state index contributed by atoms with van der Waals surface area (Å²) in [6.07, 6.45) is 4.32. The Bertz CT molecular complexity index is 797. The standard InChI is InChI=1S/C21H26N4O3/c1-28-19-7-3-2-6-17(19)8-10-23-20(26)13-18-21(27)24-11-12-25(18)15-16-5-4-9-22-14-16/h2-7,9,14,18H,8,10-13,15H2,1H3,(H,23,26)(H,24,27)/t18-/m0/s1. The maximum atomic E-state index is 12.4. The topological polar surface area (TPSA) is 83.6 Å². The fraction of sp³-hybridized carbons (Fsp3) is 0.381. The number of carbonyl (C=O) groups is 2. The molecule has 1 aromatic heterocycles. The third-order valence-corrected chi connectivity index (χ3v) is 4.84. The number of benzene rings is 1. The highest BCUT2D eigenvalue weighted by Crippen LogP contribution is 2.17. The van der Waals surface area contributed by atoms with Crippen LogP contribution in [-0.4, -0.2) is 54.5 Å². The molecule has 28 heavy (non-hydrogen) atoms. The van der Waals surface area contributed by atoms with Crippen molar-refractivity contribution in [3.05, 3.63) is 59.9 Å². The van der Waals surface area contributed by atoms with Gasteiger partial charge in [0.1, 0.15) is 5.75 Å². The summed E-state index contributed by atoms with van der Waals surface area (Å²) in [5.41, 5.74) is 2.07. The first-order valence-electron chi connectivity index (χ1n) is 9.46. The molecule has 0 spiro atoms. The minimum absolute atomic E-state index is 0.102. The number of methoxy groups -OCH3 is 1. The number of para-hydroxylation sites is 1. The number of piperazine rings is 1. The zero-order valence-corrected chi connectivity index (χ0v) is 16.1. The number of hydrogen-bond acceptors (Lipinski definition) is 5. The van der Waals surface area contributed by atoms with Crippen molar-refractivity contribution in [1.29, 1.82) is 0 Å². The average Bonchev–Trinajstić information content (AvgIpc) is 2.72. The van der Waals surface area contributed by atoms with Crippen LogP contribution in [0.2, 0.25) is 0 Å². The number of carbonyl (C=O) groups excluding carboxylic acids is 2. The van der Waals surface area contributed by atoms with Crippen LogP contribution in [0.1, 0.15) is 17.5 Å². The molecular weight excluding hydrogens is 356 g/mol. The monoisotopic (exact) mass is 382 g/mol. The predicted octanol–water partition coefficient (Wildman–Crippen LogP) is 1.14. The van der Waals surface area contributed by atoms with Crippen LogP contribution in [0.4, 0.5) is 0 Å². The lowest BCUT2D eigenvalue weighted by Gasteiger charge is -2.34. The predicted molar refractivity (Wildman–Crippen MR) is 106 cm³/mol. The molecule has 7 nitrogen and oxygen atoms in total. The third-order valence-electron chi connectivity index (χ3n) is 4.84. The van der Waals surface area contributed by atoms with Crippen LogP contribution >= 0.6 is 0 Å². The zero-order valence-electron chi connectivity index (χ0n) is 16.1. The summed E-state index contributed by atoms with van der Waals surface area (Å²) in [7, 11) is 1.63. The van der Waals surface area contributed by atoms with E-state index < -0.39 is 6.04 Å². The van der Waals surface area contributed by atoms with Crippen molar-refractivity contribution in [2.75, 3.05) is 26.7 Å². The fourth-order valence-corrected chi connectivity index (χ4v) is 3.39. The zero-order chi connectivity index (χ0) is 19.8. The second kappa shape index (κ2) is 9.85. The van der Waals surface area contributed by atoms with Gasteiger partial charge in [-0.15, -0.1) is 0 Å². The maximum Gasteiger partial charge on any atom is 0.237 e. The van der Waals surface area contributed by atoms with Crippen molar-refractivity contribution in [3.63, 3.8) is 0 Å². The number of pyridine rings is 1. The molecule has 2 aromatic rings. The number of ether oxygens (including phenoxy) is 1. The van der Waals surface area contributed by atoms with Crippen LogP contribution in [0.15, 0.2) is 48.8 Å². The van der Waals surface area contributed by atoms with Crippen molar-refractivity contribution >= 4 is 11.8 Å². The SMILES string of the molecule is COc1ccccc1CCNC(=O)C[C@H]1C(=O)NCCN1Cc1cccnc1. The number of aromatic nitrogens is 1. The van der Waals surface area contributed by atoms with E-state index in [1.54, 1.807) is 19.5 Å². The van der Waals surface area contributed by atoms with Gasteiger partial charge in [0.05, 0.1) is 19.6 Å². The number of nitrogens with one attached hydrogen (secondary N) is 2. The van der Waals surface area contributed by atoms with Gasteiger partial charge in [0.2, 0.25) is 11.8 Å². The highest BCUT2D eigenvalue weighted by molar-refractivity contribution is 5.88. The second-order valence-electron chi connectivity index (χ2n) is 6.75. The van der Waals surface area contributed by atoms with Gasteiger partial charge in [0.15, 0.2) is 0 Å². The Kier molecular flexibility index (Phi) is 6.97. The van der Waals surface area contributed by atoms with Crippen molar-refractivity contribution in [3.8, 4) is 5.75 Å². The Hall–Kier alpha value is -2.93. The Morgan fingerprint density at radius 3 is 2.96 bits per heavy atom. The number of hydrogen-bond donors (Lipinski definition) is 2. The highest BCUT2D eigenvalue weighted by Gasteiger charge is 2.31. The first-order chi connectivity index (χ1) is 13.7. The lowest BCUT2D eigenvalue weighted by molar-refractivity contribution is -0.134. The maximum absolute atomic E-state index is 12.4. The largest absolute Gasteiger partial charge is 0.496 e. The highest BCUT2D eigenvalue weighted by atomic mass is 16.5. The van der Waals surface area contributed by atoms with Crippen molar-refractivity contribution in [2.45, 2.75) is 25.4 Å². The molecule has 1 aromatic carbocycles. The molecule has 1 atom stereocenters. The van der Waals surface area contributed by atoms with Crippen molar-refractivity contribution in [2.24, 2.45) is 0 Å². The van der Waals surface area contributed by atoms with E-state index in [4.69, 9.17) is 4.74 Å². The number of rotatable bonds is 8. The van der Waals surface area contributed by atoms with Crippen LogP contribution in [0, 0.1) is 0 Å². The molecule has 3 rings (SSSR count). The van der Waals surface area contributed by atoms with E-state index in [-0.39, 0.29) is 18.2 Å². The quantitative estimate of drug-likeness (QED) is 0.715. The van der Waals surface area contributed by atoms with E-state index in [0.717, 1.165) is 16.9 Å². The molecule has 1 aliphatic rings. The molecule has 0 unspecified atom stereocenters. The smallest absolute Gasteiger partial charge is 0.237 e. The van der Waals surface area contributed by atoms with Gasteiger partial charge < -0.3 is 15.4 Å². The van der Waals surface area contributed by atoms with Gasteiger partial charge in [-0.25, -0.2) is 0 Å². The van der Waals surface area contributed by atoms with Crippen LogP contribution < -0.4 is 15.4 Å². The Morgan fingerprint density at radius 2 is 2.18 bits per heavy atom. The van der Waals surface area contributed by atoms with Crippen LogP contribution in [-0.2, 0) is 22.6 Å². The summed E-state index contributed by atoms with van der Waals surface area (Å²) in [4.78, 5) is 30.9. The Balaban J connectivity index is 1.53. The summed E-state index contributed by atoms with van der Waals surface area (Å²) in [6.45, 7) is 2.39. The minimum atomic E-state index is -0.472. The summed E-state index contributed by atoms with van der Waals surface area (Å²) in [5.74, 6) is 0.578. The summed E-state index contributed by atoms with van der Waals surface area (Å²) < 4.78 is 5.33. The fourth-order valence-electron chi connectivity index (χ4n) is 3.39. The molecule has 1 saturated heterocycles. The molecule has 0 bridgehead atoms. The van der Waals surface area contributed by atoms with Gasteiger partial charge in [-0.05, 0) is 29.7 Å². The molecule has 1 fully saturated rings. The lowest BCUT2D eigenvalue weighted by Crippen LogP contribution is -2.56. The van der Waals surface area contributed by atoms with E-state index in [2.05, 4.69) is 15.6 Å². The molecule has 2 N–H and O–H groups in total. The first kappa shape index (κ1) is 19.8. The van der Waals surface area contributed by atoms with Gasteiger partial charge in [-0.2, -0.15) is 0 Å². The van der Waals surface area contributed by atoms with E-state index in [9.17, 15) is 9.59 Å². The van der Waals surface area contributed by atoms with Gasteiger partial charge >= 0.3 is 0 Å². The molecule has 1 aliphatic heterocycles. The molecule has 0 aliphatic carbocycles. The molecular formula is C21H26N4O3. The van der Waals surface area contributed by atoms with Crippen molar-refractivity contribution in [1.82, 2.24) is 20.5 Å². The van der Waals surface area contributed by atoms with Crippen LogP contribution in [0.3, 0.4) is 0 Å². The molecule has 0 radical (unpaired) electrons. The van der Waals surface area contributed by atoms with E-state index in [1.807, 2.05) is 41.3 Å². The molecule has 7 heteroatoms. The summed E-state index contributed by atoms with van der Waals surface area (Å²) >= 11 is 0. The Morgan fingerprint density at radius 1 is 1.32 bits per heavy atom. The van der Waals surface area contributed by atoms with Crippen LogP contribution in [0.5, 0.6) is 5.75 Å². The van der Waals surface area contributed by atoms with Crippen LogP contribution in [0.25, 0.3) is 0 Å². The molecule has 0 saturated carbocycles. The van der Waals surface area contributed by atoms with Crippen molar-refractivity contribution < 1.29 is 14.3 Å². The normalized spacial score (nSPS) is 17.0. The molecule has 2 amide bonds. The number of amides is 2. The van der Waals surface area contributed by atoms with Gasteiger partial charge in [0, 0.05) is 38.6 Å². The van der Waals surface area contributed by atoms with Gasteiger partial charge in [0.25, 0.3) is 0 Å². The first-order valence-corrected chi connectivity index (χ1v) is 9.46. The average molecular weight is 382 g/mol. The van der Waals surface area contributed by atoms with E-state index >= 15 is 0 Å². The molecule has 148 valence electrons. The molecule has 2 heterocycles. The summed E-state index contributed by atoms with van der Waals surface area (Å²) in [6, 6.07) is 11.1. The van der Waals surface area contributed by atoms with E-state index in [1.165, 1.54) is 0 Å². The number of nitrogens with zero attached hydrogens (tertiary/aromatic N) is 2. The second-order valence-corrected chi connectivity index (χ2v) is 6.75. The lowest BCUT2D eigenvalue weighted by atomic mass is 10.1.